The van der Waals surface area contributed by atoms with Gasteiger partial charge in [-0.25, -0.2) is 0 Å². The zero-order valence-corrected chi connectivity index (χ0v) is 17.2. The fraction of sp³-hybridized carbons (Fsp3) is 0.391. The third kappa shape index (κ3) is 3.98. The first kappa shape index (κ1) is 19.5. The summed E-state index contributed by atoms with van der Waals surface area (Å²) >= 11 is 0. The van der Waals surface area contributed by atoms with Crippen LogP contribution < -0.4 is 14.7 Å². The van der Waals surface area contributed by atoms with E-state index in [-0.39, 0.29) is 11.8 Å². The molecular weight excluding hydrogens is 364 g/mol. The maximum atomic E-state index is 13.3. The largest absolute Gasteiger partial charge is 0.367 e. The Kier molecular flexibility index (Phi) is 5.53. The number of nitrogens with zero attached hydrogens (tertiary/aromatic N) is 4. The van der Waals surface area contributed by atoms with Crippen molar-refractivity contribution >= 4 is 28.9 Å². The Morgan fingerprint density at radius 3 is 2.34 bits per heavy atom. The molecule has 29 heavy (non-hydrogen) atoms. The Morgan fingerprint density at radius 1 is 0.966 bits per heavy atom. The molecule has 2 aromatic rings. The molecule has 0 atom stereocenters. The van der Waals surface area contributed by atoms with Crippen molar-refractivity contribution < 1.29 is 9.59 Å². The summed E-state index contributed by atoms with van der Waals surface area (Å²) in [6.45, 7) is 4.14. The maximum Gasteiger partial charge on any atom is 0.258 e. The number of fused-ring (bicyclic) bond motifs is 1. The molecule has 2 aromatic carbocycles. The van der Waals surface area contributed by atoms with Gasteiger partial charge in [0.15, 0.2) is 0 Å². The van der Waals surface area contributed by atoms with E-state index in [1.165, 1.54) is 0 Å². The van der Waals surface area contributed by atoms with Gasteiger partial charge >= 0.3 is 0 Å². The van der Waals surface area contributed by atoms with Crippen molar-refractivity contribution in [3.05, 3.63) is 54.1 Å². The number of hydrogen-bond acceptors (Lipinski definition) is 4. The monoisotopic (exact) mass is 392 g/mol. The summed E-state index contributed by atoms with van der Waals surface area (Å²) in [7, 11) is 4.15. The lowest BCUT2D eigenvalue weighted by molar-refractivity contribution is -0.117. The molecule has 0 N–H and O–H groups in total. The molecule has 0 bridgehead atoms. The highest BCUT2D eigenvalue weighted by molar-refractivity contribution is 6.08. The van der Waals surface area contributed by atoms with E-state index in [1.807, 2.05) is 47.4 Å². The second-order valence-electron chi connectivity index (χ2n) is 7.93. The number of carbonyl (C=O) groups excluding carboxylic acids is 2. The van der Waals surface area contributed by atoms with E-state index in [2.05, 4.69) is 30.0 Å². The quantitative estimate of drug-likeness (QED) is 0.785. The van der Waals surface area contributed by atoms with Gasteiger partial charge in [0, 0.05) is 50.4 Å². The Hall–Kier alpha value is -2.86. The van der Waals surface area contributed by atoms with Crippen molar-refractivity contribution in [2.75, 3.05) is 61.5 Å². The fourth-order valence-electron chi connectivity index (χ4n) is 4.05. The SMILES string of the molecule is CN(C)CCN1CCN(C(=O)c2ccc(N3CCCC3=O)cc2)c2ccccc21. The van der Waals surface area contributed by atoms with Crippen molar-refractivity contribution in [2.45, 2.75) is 12.8 Å². The van der Waals surface area contributed by atoms with Crippen LogP contribution in [-0.2, 0) is 4.79 Å². The van der Waals surface area contributed by atoms with Gasteiger partial charge in [0.1, 0.15) is 0 Å². The number of para-hydroxylation sites is 2. The molecule has 2 amide bonds. The molecule has 2 aliphatic rings. The Bertz CT molecular complexity index is 894. The Balaban J connectivity index is 1.54. The predicted molar refractivity (Wildman–Crippen MR) is 117 cm³/mol. The van der Waals surface area contributed by atoms with Crippen LogP contribution in [0, 0.1) is 0 Å². The van der Waals surface area contributed by atoms with Crippen molar-refractivity contribution in [2.24, 2.45) is 0 Å². The second kappa shape index (κ2) is 8.25. The van der Waals surface area contributed by atoms with E-state index >= 15 is 0 Å². The van der Waals surface area contributed by atoms with Gasteiger partial charge in [0.25, 0.3) is 5.91 Å². The minimum absolute atomic E-state index is 0.00371. The first-order valence-electron chi connectivity index (χ1n) is 10.3. The average Bonchev–Trinajstić information content (AvgIpc) is 3.17. The normalized spacial score (nSPS) is 16.5. The average molecular weight is 393 g/mol. The minimum Gasteiger partial charge on any atom is -0.367 e. The molecule has 0 radical (unpaired) electrons. The number of rotatable bonds is 5. The predicted octanol–water partition coefficient (Wildman–Crippen LogP) is 2.84. The molecule has 6 nitrogen and oxygen atoms in total. The number of carbonyl (C=O) groups is 2. The lowest BCUT2D eigenvalue weighted by Gasteiger charge is -2.38. The van der Waals surface area contributed by atoms with E-state index in [4.69, 9.17) is 0 Å². The molecule has 0 aromatic heterocycles. The van der Waals surface area contributed by atoms with Gasteiger partial charge in [0.2, 0.25) is 5.91 Å². The first-order valence-corrected chi connectivity index (χ1v) is 10.3. The van der Waals surface area contributed by atoms with Crippen LogP contribution >= 0.6 is 0 Å². The standard InChI is InChI=1S/C23H28N4O2/c1-24(2)14-15-25-16-17-27(21-7-4-3-6-20(21)25)23(29)18-9-11-19(12-10-18)26-13-5-8-22(26)28/h3-4,6-7,9-12H,5,8,13-17H2,1-2H3. The molecule has 0 aliphatic carbocycles. The van der Waals surface area contributed by atoms with Crippen molar-refractivity contribution in [1.29, 1.82) is 0 Å². The molecule has 0 unspecified atom stereocenters. The summed E-state index contributed by atoms with van der Waals surface area (Å²) in [5.74, 6) is 0.163. The lowest BCUT2D eigenvalue weighted by atomic mass is 10.1. The molecule has 152 valence electrons. The van der Waals surface area contributed by atoms with E-state index < -0.39 is 0 Å². The lowest BCUT2D eigenvalue weighted by Crippen LogP contribution is -2.45. The van der Waals surface area contributed by atoms with E-state index in [0.717, 1.165) is 49.7 Å². The molecule has 6 heteroatoms. The highest BCUT2D eigenvalue weighted by Crippen LogP contribution is 2.34. The number of benzene rings is 2. The number of likely N-dealkylation sites (N-methyl/N-ethyl adjacent to an activating group) is 1. The Morgan fingerprint density at radius 2 is 1.69 bits per heavy atom. The third-order valence-electron chi connectivity index (χ3n) is 5.67. The third-order valence-corrected chi connectivity index (χ3v) is 5.67. The second-order valence-corrected chi connectivity index (χ2v) is 7.93. The highest BCUT2D eigenvalue weighted by Gasteiger charge is 2.28. The van der Waals surface area contributed by atoms with Crippen LogP contribution in [0.4, 0.5) is 17.1 Å². The molecule has 1 fully saturated rings. The molecule has 2 aliphatic heterocycles. The summed E-state index contributed by atoms with van der Waals surface area (Å²) in [6, 6.07) is 15.6. The van der Waals surface area contributed by atoms with Crippen LogP contribution in [0.15, 0.2) is 48.5 Å². The fourth-order valence-corrected chi connectivity index (χ4v) is 4.05. The summed E-state index contributed by atoms with van der Waals surface area (Å²) < 4.78 is 0. The van der Waals surface area contributed by atoms with Gasteiger partial charge in [0.05, 0.1) is 11.4 Å². The zero-order valence-electron chi connectivity index (χ0n) is 17.2. The van der Waals surface area contributed by atoms with Gasteiger partial charge in [-0.15, -0.1) is 0 Å². The van der Waals surface area contributed by atoms with Gasteiger partial charge in [-0.3, -0.25) is 9.59 Å². The molecule has 0 saturated carbocycles. The summed E-state index contributed by atoms with van der Waals surface area (Å²) in [5.41, 5.74) is 3.59. The molecular formula is C23H28N4O2. The van der Waals surface area contributed by atoms with Crippen LogP contribution in [0.2, 0.25) is 0 Å². The number of anilines is 3. The summed E-state index contributed by atoms with van der Waals surface area (Å²) in [5, 5.41) is 0. The van der Waals surface area contributed by atoms with E-state index in [0.29, 0.717) is 18.5 Å². The number of hydrogen-bond donors (Lipinski definition) is 0. The zero-order chi connectivity index (χ0) is 20.4. The molecule has 4 rings (SSSR count). The smallest absolute Gasteiger partial charge is 0.258 e. The van der Waals surface area contributed by atoms with Gasteiger partial charge in [-0.2, -0.15) is 0 Å². The van der Waals surface area contributed by atoms with Crippen molar-refractivity contribution in [1.82, 2.24) is 4.90 Å². The van der Waals surface area contributed by atoms with Crippen LogP contribution in [-0.4, -0.2) is 63.5 Å². The van der Waals surface area contributed by atoms with Crippen LogP contribution in [0.1, 0.15) is 23.2 Å². The highest BCUT2D eigenvalue weighted by atomic mass is 16.2. The van der Waals surface area contributed by atoms with Gasteiger partial charge in [-0.05, 0) is 56.9 Å². The molecule has 2 heterocycles. The first-order chi connectivity index (χ1) is 14.0. The van der Waals surface area contributed by atoms with Gasteiger partial charge in [-0.1, -0.05) is 12.1 Å². The minimum atomic E-state index is 0.00371. The summed E-state index contributed by atoms with van der Waals surface area (Å²) in [6.07, 6.45) is 1.50. The Labute approximate surface area is 172 Å². The van der Waals surface area contributed by atoms with Crippen LogP contribution in [0.25, 0.3) is 0 Å². The van der Waals surface area contributed by atoms with Crippen LogP contribution in [0.3, 0.4) is 0 Å². The maximum absolute atomic E-state index is 13.3. The molecule has 0 spiro atoms. The van der Waals surface area contributed by atoms with E-state index in [1.54, 1.807) is 4.90 Å². The number of amides is 2. The topological polar surface area (TPSA) is 47.1 Å². The van der Waals surface area contributed by atoms with Gasteiger partial charge < -0.3 is 19.6 Å². The molecule has 1 saturated heterocycles. The van der Waals surface area contributed by atoms with Crippen LogP contribution in [0.5, 0.6) is 0 Å². The summed E-state index contributed by atoms with van der Waals surface area (Å²) in [4.78, 5) is 33.4. The van der Waals surface area contributed by atoms with Crippen molar-refractivity contribution in [3.8, 4) is 0 Å². The van der Waals surface area contributed by atoms with Crippen molar-refractivity contribution in [3.63, 3.8) is 0 Å². The van der Waals surface area contributed by atoms with E-state index in [9.17, 15) is 9.59 Å².